The van der Waals surface area contributed by atoms with Gasteiger partial charge >= 0.3 is 0 Å². The summed E-state index contributed by atoms with van der Waals surface area (Å²) < 4.78 is 30.6. The SMILES string of the molecule is O=S(O)c1cnc2onc(C3CCOCC3)c2c1. The van der Waals surface area contributed by atoms with Crippen LogP contribution in [-0.2, 0) is 15.8 Å². The minimum Gasteiger partial charge on any atom is -0.381 e. The summed E-state index contributed by atoms with van der Waals surface area (Å²) in [5.41, 5.74) is 1.22. The van der Waals surface area contributed by atoms with E-state index in [0.717, 1.165) is 23.9 Å². The van der Waals surface area contributed by atoms with Gasteiger partial charge in [-0.2, -0.15) is 0 Å². The van der Waals surface area contributed by atoms with E-state index in [-0.39, 0.29) is 10.8 Å². The van der Waals surface area contributed by atoms with Gasteiger partial charge in [-0.25, -0.2) is 9.19 Å². The monoisotopic (exact) mass is 268 g/mol. The lowest BCUT2D eigenvalue weighted by Gasteiger charge is -2.19. The van der Waals surface area contributed by atoms with Crippen LogP contribution in [0.1, 0.15) is 24.5 Å². The number of pyridine rings is 1. The lowest BCUT2D eigenvalue weighted by Crippen LogP contribution is -2.14. The first-order valence-corrected chi connectivity index (χ1v) is 6.80. The van der Waals surface area contributed by atoms with Gasteiger partial charge in [0.05, 0.1) is 16.0 Å². The minimum atomic E-state index is -2.04. The molecule has 2 aromatic heterocycles. The summed E-state index contributed by atoms with van der Waals surface area (Å²) >= 11 is -2.04. The average molecular weight is 268 g/mol. The van der Waals surface area contributed by atoms with E-state index in [1.807, 2.05) is 0 Å². The molecule has 96 valence electrons. The van der Waals surface area contributed by atoms with Crippen molar-refractivity contribution in [2.75, 3.05) is 13.2 Å². The second-order valence-corrected chi connectivity index (χ2v) is 5.20. The van der Waals surface area contributed by atoms with Gasteiger partial charge in [0, 0.05) is 25.3 Å². The maximum atomic E-state index is 11.1. The van der Waals surface area contributed by atoms with Crippen LogP contribution in [-0.4, -0.2) is 32.1 Å². The van der Waals surface area contributed by atoms with Crippen LogP contribution in [0.3, 0.4) is 0 Å². The lowest BCUT2D eigenvalue weighted by molar-refractivity contribution is 0.0840. The summed E-state index contributed by atoms with van der Waals surface area (Å²) in [6.45, 7) is 1.41. The van der Waals surface area contributed by atoms with E-state index in [1.165, 1.54) is 6.20 Å². The number of aromatic nitrogens is 2. The molecule has 0 spiro atoms. The summed E-state index contributed by atoms with van der Waals surface area (Å²) in [7, 11) is 0. The Bertz CT molecular complexity index is 592. The van der Waals surface area contributed by atoms with Gasteiger partial charge < -0.3 is 13.8 Å². The smallest absolute Gasteiger partial charge is 0.258 e. The van der Waals surface area contributed by atoms with Crippen molar-refractivity contribution < 1.29 is 18.0 Å². The normalized spacial score (nSPS) is 19.2. The fraction of sp³-hybridized carbons (Fsp3) is 0.455. The molecule has 3 heterocycles. The molecule has 0 aliphatic carbocycles. The highest BCUT2D eigenvalue weighted by Crippen LogP contribution is 2.31. The van der Waals surface area contributed by atoms with Gasteiger partial charge in [0.25, 0.3) is 5.71 Å². The zero-order chi connectivity index (χ0) is 12.5. The van der Waals surface area contributed by atoms with Crippen molar-refractivity contribution in [2.45, 2.75) is 23.7 Å². The fourth-order valence-electron chi connectivity index (χ4n) is 2.19. The first-order chi connectivity index (χ1) is 8.75. The Labute approximate surface area is 106 Å². The highest BCUT2D eigenvalue weighted by Gasteiger charge is 2.23. The number of hydrogen-bond donors (Lipinski definition) is 1. The molecule has 2 aromatic rings. The largest absolute Gasteiger partial charge is 0.381 e. The van der Waals surface area contributed by atoms with Gasteiger partial charge in [-0.1, -0.05) is 5.16 Å². The van der Waals surface area contributed by atoms with Gasteiger partial charge in [0.2, 0.25) is 0 Å². The molecule has 6 nitrogen and oxygen atoms in total. The molecule has 0 saturated carbocycles. The summed E-state index contributed by atoms with van der Waals surface area (Å²) in [5, 5.41) is 4.77. The Morgan fingerprint density at radius 2 is 2.17 bits per heavy atom. The Morgan fingerprint density at radius 3 is 2.89 bits per heavy atom. The summed E-state index contributed by atoms with van der Waals surface area (Å²) in [5.74, 6) is 0.268. The molecular weight excluding hydrogens is 256 g/mol. The maximum Gasteiger partial charge on any atom is 0.258 e. The third-order valence-electron chi connectivity index (χ3n) is 3.14. The minimum absolute atomic E-state index is 0.263. The van der Waals surface area contributed by atoms with Crippen LogP contribution in [0.5, 0.6) is 0 Å². The summed E-state index contributed by atoms with van der Waals surface area (Å²) in [6, 6.07) is 1.62. The maximum absolute atomic E-state index is 11.1. The number of hydrogen-bond acceptors (Lipinski definition) is 5. The molecule has 18 heavy (non-hydrogen) atoms. The lowest BCUT2D eigenvalue weighted by atomic mass is 9.95. The third kappa shape index (κ3) is 2.05. The highest BCUT2D eigenvalue weighted by atomic mass is 32.2. The predicted octanol–water partition coefficient (Wildman–Crippen LogP) is 1.70. The molecule has 1 fully saturated rings. The Hall–Kier alpha value is -1.31. The van der Waals surface area contributed by atoms with Crippen molar-refractivity contribution >= 4 is 22.2 Å². The zero-order valence-electron chi connectivity index (χ0n) is 9.54. The van der Waals surface area contributed by atoms with E-state index in [2.05, 4.69) is 10.1 Å². The Balaban J connectivity index is 2.05. The van der Waals surface area contributed by atoms with Crippen LogP contribution in [0.4, 0.5) is 0 Å². The average Bonchev–Trinajstić information content (AvgIpc) is 2.82. The summed E-state index contributed by atoms with van der Waals surface area (Å²) in [4.78, 5) is 4.27. The number of nitrogens with zero attached hydrogens (tertiary/aromatic N) is 2. The third-order valence-corrected chi connectivity index (χ3v) is 3.77. The van der Waals surface area contributed by atoms with Crippen LogP contribution in [0.2, 0.25) is 0 Å². The van der Waals surface area contributed by atoms with Crippen LogP contribution < -0.4 is 0 Å². The van der Waals surface area contributed by atoms with Crippen LogP contribution in [0.25, 0.3) is 11.1 Å². The molecule has 0 radical (unpaired) electrons. The van der Waals surface area contributed by atoms with Gasteiger partial charge in [-0.3, -0.25) is 0 Å². The van der Waals surface area contributed by atoms with E-state index in [1.54, 1.807) is 6.07 Å². The van der Waals surface area contributed by atoms with Crippen molar-refractivity contribution in [3.05, 3.63) is 18.0 Å². The van der Waals surface area contributed by atoms with E-state index in [9.17, 15) is 4.21 Å². The Morgan fingerprint density at radius 1 is 1.39 bits per heavy atom. The standard InChI is InChI=1S/C11H12N2O4S/c14-18(15)8-5-9-10(7-1-3-16-4-2-7)13-17-11(9)12-6-8/h5-7H,1-4H2,(H,14,15). The van der Waals surface area contributed by atoms with Crippen molar-refractivity contribution in [3.63, 3.8) is 0 Å². The Kier molecular flexibility index (Phi) is 3.11. The second kappa shape index (κ2) is 4.75. The van der Waals surface area contributed by atoms with Crippen molar-refractivity contribution in [3.8, 4) is 0 Å². The molecule has 0 bridgehead atoms. The molecule has 0 aromatic carbocycles. The summed E-state index contributed by atoms with van der Waals surface area (Å²) in [6.07, 6.45) is 3.10. The highest BCUT2D eigenvalue weighted by molar-refractivity contribution is 7.79. The molecule has 0 amide bonds. The first-order valence-electron chi connectivity index (χ1n) is 5.69. The molecule has 1 aliphatic rings. The van der Waals surface area contributed by atoms with Crippen LogP contribution in [0.15, 0.2) is 21.7 Å². The van der Waals surface area contributed by atoms with Gasteiger partial charge in [0.1, 0.15) is 0 Å². The van der Waals surface area contributed by atoms with E-state index in [0.29, 0.717) is 18.9 Å². The van der Waals surface area contributed by atoms with Gasteiger partial charge in [0.15, 0.2) is 11.1 Å². The molecule has 3 rings (SSSR count). The molecule has 1 aliphatic heterocycles. The van der Waals surface area contributed by atoms with E-state index >= 15 is 0 Å². The van der Waals surface area contributed by atoms with E-state index in [4.69, 9.17) is 13.8 Å². The van der Waals surface area contributed by atoms with Gasteiger partial charge in [-0.15, -0.1) is 0 Å². The number of fused-ring (bicyclic) bond motifs is 1. The molecule has 1 N–H and O–H groups in total. The number of ether oxygens (including phenoxy) is 1. The number of rotatable bonds is 2. The molecule has 1 saturated heterocycles. The first kappa shape index (κ1) is 11.8. The van der Waals surface area contributed by atoms with Crippen LogP contribution in [0, 0.1) is 0 Å². The van der Waals surface area contributed by atoms with Gasteiger partial charge in [-0.05, 0) is 18.9 Å². The zero-order valence-corrected chi connectivity index (χ0v) is 10.4. The van der Waals surface area contributed by atoms with Crippen LogP contribution >= 0.6 is 0 Å². The molecule has 1 atom stereocenters. The van der Waals surface area contributed by atoms with Crippen molar-refractivity contribution in [1.82, 2.24) is 10.1 Å². The van der Waals surface area contributed by atoms with E-state index < -0.39 is 11.1 Å². The topological polar surface area (TPSA) is 85.5 Å². The van der Waals surface area contributed by atoms with Crippen molar-refractivity contribution in [1.29, 1.82) is 0 Å². The molecule has 7 heteroatoms. The molecule has 1 unspecified atom stereocenters. The molecular formula is C11H12N2O4S. The predicted molar refractivity (Wildman–Crippen MR) is 63.6 cm³/mol. The second-order valence-electron chi connectivity index (χ2n) is 4.23. The fourth-order valence-corrected chi connectivity index (χ4v) is 2.55. The quantitative estimate of drug-likeness (QED) is 0.834. The van der Waals surface area contributed by atoms with Crippen molar-refractivity contribution in [2.24, 2.45) is 0 Å².